The molecule has 0 aliphatic heterocycles. The summed E-state index contributed by atoms with van der Waals surface area (Å²) in [6, 6.07) is 6.98. The summed E-state index contributed by atoms with van der Waals surface area (Å²) in [5.74, 6) is 4.90. The summed E-state index contributed by atoms with van der Waals surface area (Å²) in [4.78, 5) is 23.4. The molecule has 2 radical (unpaired) electrons. The van der Waals surface area contributed by atoms with Crippen LogP contribution in [0.15, 0.2) is 24.3 Å². The summed E-state index contributed by atoms with van der Waals surface area (Å²) < 4.78 is 16.5. The van der Waals surface area contributed by atoms with Crippen molar-refractivity contribution in [3.05, 3.63) is 29.8 Å². The minimum atomic E-state index is -0.265. The van der Waals surface area contributed by atoms with Gasteiger partial charge in [0, 0.05) is 18.7 Å². The van der Waals surface area contributed by atoms with Gasteiger partial charge < -0.3 is 30.2 Å². The SMILES string of the molecule is [B]C#CCNC(=O)COCCOC(C)COc1cccc(C(=O)NCCNC)c1. The van der Waals surface area contributed by atoms with Crippen LogP contribution in [0.1, 0.15) is 17.3 Å². The molecule has 9 heteroatoms. The molecule has 1 aromatic carbocycles. The molecule has 2 amide bonds. The van der Waals surface area contributed by atoms with Crippen LogP contribution in [-0.4, -0.2) is 78.9 Å². The largest absolute Gasteiger partial charge is 0.491 e. The number of carbonyl (C=O) groups excluding carboxylic acids is 2. The van der Waals surface area contributed by atoms with E-state index in [-0.39, 0.29) is 37.7 Å². The number of ether oxygens (including phenoxy) is 3. The zero-order valence-electron chi connectivity index (χ0n) is 17.0. The first-order valence-electron chi connectivity index (χ1n) is 9.37. The fourth-order valence-corrected chi connectivity index (χ4v) is 2.11. The van der Waals surface area contributed by atoms with Gasteiger partial charge in [-0.1, -0.05) is 12.0 Å². The molecule has 0 aliphatic rings. The van der Waals surface area contributed by atoms with Gasteiger partial charge in [-0.15, -0.1) is 0 Å². The number of rotatable bonds is 14. The number of nitrogens with one attached hydrogen (secondary N) is 3. The quantitative estimate of drug-likeness (QED) is 0.225. The van der Waals surface area contributed by atoms with Gasteiger partial charge >= 0.3 is 0 Å². The number of carbonyl (C=O) groups is 2. The van der Waals surface area contributed by atoms with Crippen molar-refractivity contribution < 1.29 is 23.8 Å². The Hall–Kier alpha value is -2.54. The Bertz CT molecular complexity index is 690. The summed E-state index contributed by atoms with van der Waals surface area (Å²) in [6.45, 7) is 4.18. The highest BCUT2D eigenvalue weighted by Gasteiger charge is 2.08. The van der Waals surface area contributed by atoms with Crippen molar-refractivity contribution in [2.75, 3.05) is 53.1 Å². The molecule has 0 spiro atoms. The fourth-order valence-electron chi connectivity index (χ4n) is 2.11. The monoisotopic (exact) mass is 401 g/mol. The van der Waals surface area contributed by atoms with E-state index in [2.05, 4.69) is 27.7 Å². The molecule has 1 atom stereocenters. The smallest absolute Gasteiger partial charge is 0.251 e. The van der Waals surface area contributed by atoms with E-state index in [4.69, 9.17) is 22.1 Å². The van der Waals surface area contributed by atoms with Gasteiger partial charge in [0.1, 0.15) is 19.0 Å². The number of benzene rings is 1. The van der Waals surface area contributed by atoms with Crippen molar-refractivity contribution in [1.29, 1.82) is 0 Å². The molecule has 0 bridgehead atoms. The van der Waals surface area contributed by atoms with Crippen LogP contribution in [0.25, 0.3) is 0 Å². The average Bonchev–Trinajstić information content (AvgIpc) is 2.72. The first kappa shape index (κ1) is 24.5. The van der Waals surface area contributed by atoms with Crippen molar-refractivity contribution in [3.8, 4) is 17.5 Å². The van der Waals surface area contributed by atoms with Gasteiger partial charge in [-0.2, -0.15) is 5.82 Å². The van der Waals surface area contributed by atoms with E-state index in [1.165, 1.54) is 0 Å². The lowest BCUT2D eigenvalue weighted by atomic mass is 10.2. The Morgan fingerprint density at radius 1 is 1.21 bits per heavy atom. The van der Waals surface area contributed by atoms with Crippen LogP contribution >= 0.6 is 0 Å². The van der Waals surface area contributed by atoms with Gasteiger partial charge in [0.15, 0.2) is 7.85 Å². The summed E-state index contributed by atoms with van der Waals surface area (Å²) in [6.07, 6.45) is -0.180. The van der Waals surface area contributed by atoms with E-state index < -0.39 is 0 Å². The highest BCUT2D eigenvalue weighted by molar-refractivity contribution is 6.22. The number of amides is 2. The molecular weight excluding hydrogens is 373 g/mol. The minimum absolute atomic E-state index is 0.0658. The van der Waals surface area contributed by atoms with E-state index in [9.17, 15) is 9.59 Å². The first-order valence-corrected chi connectivity index (χ1v) is 9.37. The molecule has 0 aliphatic carbocycles. The van der Waals surface area contributed by atoms with Crippen molar-refractivity contribution in [2.45, 2.75) is 13.0 Å². The molecule has 0 saturated heterocycles. The maximum atomic E-state index is 12.1. The molecule has 29 heavy (non-hydrogen) atoms. The predicted octanol–water partition coefficient (Wildman–Crippen LogP) is -0.318. The summed E-state index contributed by atoms with van der Waals surface area (Å²) >= 11 is 0. The summed E-state index contributed by atoms with van der Waals surface area (Å²) in [5, 5.41) is 8.32. The summed E-state index contributed by atoms with van der Waals surface area (Å²) in [5.41, 5.74) is 0.538. The number of hydrogen-bond acceptors (Lipinski definition) is 6. The van der Waals surface area contributed by atoms with Crippen LogP contribution in [0.5, 0.6) is 5.75 Å². The van der Waals surface area contributed by atoms with E-state index in [0.717, 1.165) is 0 Å². The lowest BCUT2D eigenvalue weighted by Gasteiger charge is -2.15. The second-order valence-electron chi connectivity index (χ2n) is 6.03. The van der Waals surface area contributed by atoms with Gasteiger partial charge in [0.2, 0.25) is 5.91 Å². The Labute approximate surface area is 173 Å². The Kier molecular flexibility index (Phi) is 13.0. The third-order valence-corrected chi connectivity index (χ3v) is 3.58. The third-order valence-electron chi connectivity index (χ3n) is 3.58. The van der Waals surface area contributed by atoms with Crippen LogP contribution in [-0.2, 0) is 14.3 Å². The van der Waals surface area contributed by atoms with Gasteiger partial charge in [0.25, 0.3) is 5.91 Å². The highest BCUT2D eigenvalue weighted by atomic mass is 16.6. The van der Waals surface area contributed by atoms with Gasteiger partial charge in [-0.05, 0) is 32.2 Å². The van der Waals surface area contributed by atoms with Crippen LogP contribution in [0.2, 0.25) is 0 Å². The van der Waals surface area contributed by atoms with Crippen LogP contribution in [0.3, 0.4) is 0 Å². The molecule has 0 heterocycles. The van der Waals surface area contributed by atoms with Crippen molar-refractivity contribution >= 4 is 19.7 Å². The highest BCUT2D eigenvalue weighted by Crippen LogP contribution is 2.14. The zero-order chi connectivity index (χ0) is 21.3. The Balaban J connectivity index is 2.21. The zero-order valence-corrected chi connectivity index (χ0v) is 17.0. The number of likely N-dealkylation sites (N-methyl/N-ethyl adjacent to an activating group) is 1. The number of hydrogen-bond donors (Lipinski definition) is 3. The third kappa shape index (κ3) is 11.8. The standard InChI is InChI=1S/C20H28BN3O5/c1-16(28-12-11-27-15-19(25)23-8-4-7-21)14-29-18-6-3-5-17(13-18)20(26)24-10-9-22-2/h3,5-6,13,16,22H,8-12,14-15H2,1-2H3,(H,23,25)(H,24,26). The lowest BCUT2D eigenvalue weighted by molar-refractivity contribution is -0.126. The molecule has 0 fully saturated rings. The lowest BCUT2D eigenvalue weighted by Crippen LogP contribution is -2.30. The second-order valence-corrected chi connectivity index (χ2v) is 6.03. The molecule has 156 valence electrons. The van der Waals surface area contributed by atoms with E-state index in [1.54, 1.807) is 24.3 Å². The maximum absolute atomic E-state index is 12.1. The molecule has 1 rings (SSSR count). The molecule has 8 nitrogen and oxygen atoms in total. The average molecular weight is 401 g/mol. The van der Waals surface area contributed by atoms with Crippen LogP contribution in [0, 0.1) is 11.7 Å². The van der Waals surface area contributed by atoms with Crippen LogP contribution < -0.4 is 20.7 Å². The molecule has 1 unspecified atom stereocenters. The predicted molar refractivity (Wildman–Crippen MR) is 111 cm³/mol. The van der Waals surface area contributed by atoms with Crippen molar-refractivity contribution in [1.82, 2.24) is 16.0 Å². The fraction of sp³-hybridized carbons (Fsp3) is 0.500. The normalized spacial score (nSPS) is 11.1. The molecular formula is C20H28BN3O5. The molecule has 3 N–H and O–H groups in total. The minimum Gasteiger partial charge on any atom is -0.491 e. The van der Waals surface area contributed by atoms with E-state index in [0.29, 0.717) is 37.6 Å². The van der Waals surface area contributed by atoms with Gasteiger partial charge in [-0.3, -0.25) is 9.59 Å². The van der Waals surface area contributed by atoms with Crippen LogP contribution in [0.4, 0.5) is 0 Å². The van der Waals surface area contributed by atoms with Gasteiger partial charge in [0.05, 0.1) is 25.9 Å². The topological polar surface area (TPSA) is 97.9 Å². The molecule has 1 aromatic rings. The van der Waals surface area contributed by atoms with Crippen molar-refractivity contribution in [3.63, 3.8) is 0 Å². The van der Waals surface area contributed by atoms with E-state index >= 15 is 0 Å². The van der Waals surface area contributed by atoms with Gasteiger partial charge in [-0.25, -0.2) is 0 Å². The maximum Gasteiger partial charge on any atom is 0.251 e. The second kappa shape index (κ2) is 15.4. The molecule has 0 saturated carbocycles. The Morgan fingerprint density at radius 3 is 2.79 bits per heavy atom. The van der Waals surface area contributed by atoms with E-state index in [1.807, 2.05) is 14.0 Å². The van der Waals surface area contributed by atoms with Crippen molar-refractivity contribution in [2.24, 2.45) is 0 Å². The summed E-state index contributed by atoms with van der Waals surface area (Å²) in [7, 11) is 6.82. The Morgan fingerprint density at radius 2 is 2.03 bits per heavy atom. The molecule has 0 aromatic heterocycles. The first-order chi connectivity index (χ1) is 14.1.